The number of hydrogen-bond donors (Lipinski definition) is 2. The molecule has 0 spiro atoms. The van der Waals surface area contributed by atoms with E-state index in [1.165, 1.54) is 5.56 Å². The van der Waals surface area contributed by atoms with Crippen molar-refractivity contribution in [2.75, 3.05) is 11.5 Å². The van der Waals surface area contributed by atoms with Crippen molar-refractivity contribution in [1.82, 2.24) is 9.97 Å². The molecule has 0 saturated carbocycles. The van der Waals surface area contributed by atoms with Gasteiger partial charge in [-0.15, -0.1) is 0 Å². The number of halogens is 1. The minimum atomic E-state index is -0.0269. The first-order chi connectivity index (χ1) is 12.5. The topological polar surface area (TPSA) is 111 Å². The van der Waals surface area contributed by atoms with Crippen molar-refractivity contribution in [2.45, 2.75) is 13.5 Å². The summed E-state index contributed by atoms with van der Waals surface area (Å²) < 4.78 is 5.94. The van der Waals surface area contributed by atoms with Crippen LogP contribution >= 0.6 is 11.6 Å². The van der Waals surface area contributed by atoms with E-state index in [2.05, 4.69) is 9.97 Å². The summed E-state index contributed by atoms with van der Waals surface area (Å²) in [4.78, 5) is 8.00. The number of nitrogen functional groups attached to an aromatic ring is 2. The fraction of sp³-hybridized carbons (Fsp3) is 0.105. The lowest BCUT2D eigenvalue weighted by Crippen LogP contribution is -2.06. The van der Waals surface area contributed by atoms with Gasteiger partial charge in [-0.25, -0.2) is 4.98 Å². The molecule has 0 saturated heterocycles. The molecular formula is C19H16ClN5O. The van der Waals surface area contributed by atoms with E-state index in [9.17, 15) is 5.26 Å². The van der Waals surface area contributed by atoms with Gasteiger partial charge in [-0.05, 0) is 30.7 Å². The Labute approximate surface area is 156 Å². The number of aryl methyl sites for hydroxylation is 1. The Morgan fingerprint density at radius 2 is 1.85 bits per heavy atom. The molecule has 1 heterocycles. The zero-order valence-corrected chi connectivity index (χ0v) is 14.8. The van der Waals surface area contributed by atoms with Gasteiger partial charge < -0.3 is 16.2 Å². The summed E-state index contributed by atoms with van der Waals surface area (Å²) in [5.41, 5.74) is 14.6. The van der Waals surface area contributed by atoms with E-state index in [1.807, 2.05) is 37.3 Å². The average molecular weight is 366 g/mol. The molecule has 0 fully saturated rings. The predicted octanol–water partition coefficient (Wildman–Crippen LogP) is 3.72. The van der Waals surface area contributed by atoms with Gasteiger partial charge in [-0.1, -0.05) is 41.4 Å². The van der Waals surface area contributed by atoms with Crippen LogP contribution in [0.25, 0.3) is 11.3 Å². The van der Waals surface area contributed by atoms with Crippen LogP contribution in [0.2, 0.25) is 5.02 Å². The number of rotatable bonds is 4. The van der Waals surface area contributed by atoms with E-state index >= 15 is 0 Å². The van der Waals surface area contributed by atoms with Crippen LogP contribution in [-0.4, -0.2) is 9.97 Å². The Balaban J connectivity index is 2.02. The summed E-state index contributed by atoms with van der Waals surface area (Å²) in [6, 6.07) is 15.1. The number of nitrogens with zero attached hydrogens (tertiary/aromatic N) is 3. The van der Waals surface area contributed by atoms with Crippen LogP contribution < -0.4 is 16.2 Å². The third-order valence-corrected chi connectivity index (χ3v) is 4.01. The molecule has 3 rings (SSSR count). The lowest BCUT2D eigenvalue weighted by atomic mass is 10.1. The monoisotopic (exact) mass is 365 g/mol. The maximum Gasteiger partial charge on any atom is 0.222 e. The summed E-state index contributed by atoms with van der Waals surface area (Å²) in [6.07, 6.45) is 0. The van der Waals surface area contributed by atoms with Crippen LogP contribution in [0.1, 0.15) is 16.7 Å². The Kier molecular flexibility index (Phi) is 4.92. The Bertz CT molecular complexity index is 996. The first-order valence-corrected chi connectivity index (χ1v) is 8.17. The molecule has 4 N–H and O–H groups in total. The Morgan fingerprint density at radius 3 is 2.54 bits per heavy atom. The number of ether oxygens (including phenoxy) is 1. The molecule has 0 aliphatic heterocycles. The van der Waals surface area contributed by atoms with Gasteiger partial charge in [-0.2, -0.15) is 10.2 Å². The van der Waals surface area contributed by atoms with Gasteiger partial charge in [0.15, 0.2) is 0 Å². The summed E-state index contributed by atoms with van der Waals surface area (Å²) in [5.74, 6) is 0.504. The zero-order chi connectivity index (χ0) is 18.7. The Hall–Kier alpha value is -3.30. The van der Waals surface area contributed by atoms with Crippen LogP contribution in [0.5, 0.6) is 5.75 Å². The number of anilines is 2. The summed E-state index contributed by atoms with van der Waals surface area (Å²) in [6.45, 7) is 2.38. The number of nitriles is 1. The highest BCUT2D eigenvalue weighted by atomic mass is 35.5. The molecule has 0 aliphatic rings. The van der Waals surface area contributed by atoms with Gasteiger partial charge >= 0.3 is 0 Å². The maximum absolute atomic E-state index is 9.42. The molecule has 3 aromatic rings. The van der Waals surface area contributed by atoms with E-state index in [0.29, 0.717) is 28.6 Å². The van der Waals surface area contributed by atoms with Gasteiger partial charge in [0.25, 0.3) is 0 Å². The van der Waals surface area contributed by atoms with Crippen molar-refractivity contribution < 1.29 is 4.74 Å². The molecule has 0 radical (unpaired) electrons. The van der Waals surface area contributed by atoms with Crippen molar-refractivity contribution in [3.8, 4) is 23.1 Å². The number of hydrogen-bond acceptors (Lipinski definition) is 6. The quantitative estimate of drug-likeness (QED) is 0.728. The van der Waals surface area contributed by atoms with E-state index in [0.717, 1.165) is 5.56 Å². The van der Waals surface area contributed by atoms with E-state index < -0.39 is 0 Å². The predicted molar refractivity (Wildman–Crippen MR) is 102 cm³/mol. The van der Waals surface area contributed by atoms with Crippen molar-refractivity contribution in [3.63, 3.8) is 0 Å². The highest BCUT2D eigenvalue weighted by Crippen LogP contribution is 2.35. The van der Waals surface area contributed by atoms with Gasteiger partial charge in [-0.3, -0.25) is 0 Å². The molecule has 6 nitrogen and oxygen atoms in total. The van der Waals surface area contributed by atoms with Crippen LogP contribution in [0.4, 0.5) is 11.8 Å². The molecular weight excluding hydrogens is 350 g/mol. The molecule has 0 atom stereocenters. The highest BCUT2D eigenvalue weighted by molar-refractivity contribution is 6.31. The first kappa shape index (κ1) is 17.5. The second-order valence-corrected chi connectivity index (χ2v) is 6.15. The van der Waals surface area contributed by atoms with Crippen LogP contribution in [0, 0.1) is 18.3 Å². The zero-order valence-electron chi connectivity index (χ0n) is 14.0. The fourth-order valence-corrected chi connectivity index (χ4v) is 2.63. The largest absolute Gasteiger partial charge is 0.488 e. The van der Waals surface area contributed by atoms with E-state index in [1.54, 1.807) is 18.2 Å². The normalized spacial score (nSPS) is 10.3. The molecule has 0 bridgehead atoms. The van der Waals surface area contributed by atoms with E-state index in [-0.39, 0.29) is 17.3 Å². The number of benzene rings is 2. The van der Waals surface area contributed by atoms with Gasteiger partial charge in [0.05, 0.1) is 5.69 Å². The third kappa shape index (κ3) is 3.68. The van der Waals surface area contributed by atoms with E-state index in [4.69, 9.17) is 27.8 Å². The average Bonchev–Trinajstić information content (AvgIpc) is 2.61. The SMILES string of the molecule is Cc1ccc(COc2ccc(Cl)cc2-c2nc(N)nc(N)c2C#N)cc1. The lowest BCUT2D eigenvalue weighted by molar-refractivity contribution is 0.307. The molecule has 0 aliphatic carbocycles. The second kappa shape index (κ2) is 7.30. The highest BCUT2D eigenvalue weighted by Gasteiger charge is 2.17. The van der Waals surface area contributed by atoms with Gasteiger partial charge in [0.2, 0.25) is 5.95 Å². The third-order valence-electron chi connectivity index (χ3n) is 3.78. The molecule has 0 unspecified atom stereocenters. The lowest BCUT2D eigenvalue weighted by Gasteiger charge is -2.14. The van der Waals surface area contributed by atoms with Gasteiger partial charge in [0, 0.05) is 10.6 Å². The summed E-state index contributed by atoms with van der Waals surface area (Å²) in [7, 11) is 0. The molecule has 0 amide bonds. The maximum atomic E-state index is 9.42. The fourth-order valence-electron chi connectivity index (χ4n) is 2.46. The molecule has 130 valence electrons. The standard InChI is InChI=1S/C19H16ClN5O/c1-11-2-4-12(5-3-11)10-26-16-7-6-13(20)8-14(16)17-15(9-21)18(22)25-19(23)24-17/h2-8H,10H2,1H3,(H4,22,23,24,25). The van der Waals surface area contributed by atoms with Crippen LogP contribution in [-0.2, 0) is 6.61 Å². The molecule has 1 aromatic heterocycles. The molecule has 7 heteroatoms. The van der Waals surface area contributed by atoms with Gasteiger partial charge in [0.1, 0.15) is 29.8 Å². The summed E-state index contributed by atoms with van der Waals surface area (Å²) in [5, 5.41) is 9.90. The van der Waals surface area contributed by atoms with Crippen molar-refractivity contribution in [2.24, 2.45) is 0 Å². The van der Waals surface area contributed by atoms with Crippen molar-refractivity contribution in [1.29, 1.82) is 5.26 Å². The smallest absolute Gasteiger partial charge is 0.222 e. The van der Waals surface area contributed by atoms with Crippen LogP contribution in [0.15, 0.2) is 42.5 Å². The first-order valence-electron chi connectivity index (χ1n) is 7.79. The van der Waals surface area contributed by atoms with Crippen molar-refractivity contribution in [3.05, 3.63) is 64.2 Å². The summed E-state index contributed by atoms with van der Waals surface area (Å²) >= 11 is 6.13. The number of aromatic nitrogens is 2. The minimum Gasteiger partial charge on any atom is -0.488 e. The Morgan fingerprint density at radius 1 is 1.12 bits per heavy atom. The molecule has 2 aromatic carbocycles. The van der Waals surface area contributed by atoms with Crippen molar-refractivity contribution >= 4 is 23.4 Å². The second-order valence-electron chi connectivity index (χ2n) is 5.72. The molecule has 26 heavy (non-hydrogen) atoms. The number of nitrogens with two attached hydrogens (primary N) is 2. The van der Waals surface area contributed by atoms with Crippen LogP contribution in [0.3, 0.4) is 0 Å². The minimum absolute atomic E-state index is 0.0134.